The Bertz CT molecular complexity index is 1130. The zero-order chi connectivity index (χ0) is 20.1. The zero-order valence-corrected chi connectivity index (χ0v) is 16.2. The number of rotatable bonds is 3. The van der Waals surface area contributed by atoms with Crippen LogP contribution in [0, 0.1) is 6.92 Å². The molecule has 1 aliphatic carbocycles. The van der Waals surface area contributed by atoms with Crippen LogP contribution in [-0.2, 0) is 9.59 Å². The molecule has 0 spiro atoms. The summed E-state index contributed by atoms with van der Waals surface area (Å²) in [5.41, 5.74) is 1.68. The van der Waals surface area contributed by atoms with Gasteiger partial charge in [-0.2, -0.15) is 9.67 Å². The van der Waals surface area contributed by atoms with Crippen molar-refractivity contribution in [2.45, 2.75) is 57.4 Å². The Hall–Kier alpha value is -3.16. The summed E-state index contributed by atoms with van der Waals surface area (Å²) in [6.07, 6.45) is 4.94. The van der Waals surface area contributed by atoms with E-state index in [9.17, 15) is 14.4 Å². The molecule has 1 atom stereocenters. The molecule has 5 rings (SSSR count). The van der Waals surface area contributed by atoms with Crippen molar-refractivity contribution >= 4 is 22.9 Å². The number of hydrogen-bond donors (Lipinski definition) is 1. The fraction of sp³-hybridized carbons (Fsp3) is 0.429. The number of fused-ring (bicyclic) bond motifs is 1. The van der Waals surface area contributed by atoms with Crippen molar-refractivity contribution in [3.8, 4) is 6.01 Å². The molecule has 2 aromatic heterocycles. The van der Waals surface area contributed by atoms with E-state index in [-0.39, 0.29) is 30.3 Å². The van der Waals surface area contributed by atoms with E-state index in [0.717, 1.165) is 32.1 Å². The number of amides is 2. The highest BCUT2D eigenvalue weighted by Crippen LogP contribution is 2.34. The Morgan fingerprint density at radius 3 is 2.62 bits per heavy atom. The summed E-state index contributed by atoms with van der Waals surface area (Å²) in [7, 11) is 0. The molecule has 1 saturated carbocycles. The number of nitrogens with one attached hydrogen (secondary N) is 1. The maximum Gasteiger partial charge on any atom is 0.325 e. The number of oxazole rings is 1. The van der Waals surface area contributed by atoms with Crippen LogP contribution in [0.1, 0.15) is 55.7 Å². The lowest BCUT2D eigenvalue weighted by atomic mass is 9.94. The van der Waals surface area contributed by atoms with Gasteiger partial charge >= 0.3 is 6.01 Å². The second-order valence-electron chi connectivity index (χ2n) is 7.91. The molecule has 150 valence electrons. The molecule has 1 unspecified atom stereocenters. The van der Waals surface area contributed by atoms with Crippen molar-refractivity contribution in [2.75, 3.05) is 0 Å². The lowest BCUT2D eigenvalue weighted by molar-refractivity contribution is -0.142. The number of imide groups is 1. The molecule has 1 N–H and O–H groups in total. The fourth-order valence-corrected chi connectivity index (χ4v) is 4.66. The molecular formula is C21H22N4O4. The van der Waals surface area contributed by atoms with Gasteiger partial charge in [0.05, 0.1) is 11.5 Å². The number of para-hydroxylation sites is 2. The molecule has 0 bridgehead atoms. The monoisotopic (exact) mass is 394 g/mol. The molecule has 2 fully saturated rings. The van der Waals surface area contributed by atoms with E-state index >= 15 is 0 Å². The second kappa shape index (κ2) is 6.72. The number of H-pyrrole nitrogens is 1. The summed E-state index contributed by atoms with van der Waals surface area (Å²) in [5, 5.41) is 2.96. The normalized spacial score (nSPS) is 20.9. The van der Waals surface area contributed by atoms with Crippen LogP contribution < -0.4 is 5.56 Å². The number of nitrogens with zero attached hydrogens (tertiary/aromatic N) is 3. The highest BCUT2D eigenvalue weighted by atomic mass is 16.4. The maximum absolute atomic E-state index is 13.1. The van der Waals surface area contributed by atoms with E-state index in [1.54, 1.807) is 19.1 Å². The molecule has 0 radical (unpaired) electrons. The molecule has 1 aromatic carbocycles. The van der Waals surface area contributed by atoms with E-state index in [1.165, 1.54) is 9.58 Å². The minimum atomic E-state index is -0.751. The topological polar surface area (TPSA) is 101 Å². The minimum absolute atomic E-state index is 0.0349. The average molecular weight is 394 g/mol. The van der Waals surface area contributed by atoms with E-state index in [2.05, 4.69) is 10.1 Å². The number of benzene rings is 1. The number of hydrogen-bond acceptors (Lipinski definition) is 5. The molecule has 3 heterocycles. The van der Waals surface area contributed by atoms with Gasteiger partial charge in [-0.1, -0.05) is 31.4 Å². The summed E-state index contributed by atoms with van der Waals surface area (Å²) >= 11 is 0. The van der Waals surface area contributed by atoms with Crippen molar-refractivity contribution in [1.82, 2.24) is 19.7 Å². The SMILES string of the molecule is Cc1[nH]n(-c2nc3ccccc3o2)c(=O)c1C1CC(=O)N(C2CCCCC2)C1=O. The molecule has 8 nitrogen and oxygen atoms in total. The summed E-state index contributed by atoms with van der Waals surface area (Å²) in [5.74, 6) is -1.19. The lowest BCUT2D eigenvalue weighted by Crippen LogP contribution is -2.41. The van der Waals surface area contributed by atoms with E-state index in [4.69, 9.17) is 4.42 Å². The molecule has 29 heavy (non-hydrogen) atoms. The van der Waals surface area contributed by atoms with Gasteiger partial charge < -0.3 is 4.42 Å². The van der Waals surface area contributed by atoms with E-state index in [1.807, 2.05) is 12.1 Å². The molecule has 8 heteroatoms. The predicted molar refractivity (Wildman–Crippen MR) is 105 cm³/mol. The quantitative estimate of drug-likeness (QED) is 0.689. The summed E-state index contributed by atoms with van der Waals surface area (Å²) in [6, 6.07) is 7.32. The third-order valence-electron chi connectivity index (χ3n) is 6.06. The second-order valence-corrected chi connectivity index (χ2v) is 7.91. The Balaban J connectivity index is 1.51. The first-order valence-corrected chi connectivity index (χ1v) is 10.1. The molecule has 3 aromatic rings. The zero-order valence-electron chi connectivity index (χ0n) is 16.2. The Labute approximate surface area is 166 Å². The Morgan fingerprint density at radius 1 is 1.10 bits per heavy atom. The lowest BCUT2D eigenvalue weighted by Gasteiger charge is -2.29. The van der Waals surface area contributed by atoms with Crippen LogP contribution in [-0.4, -0.2) is 37.5 Å². The molecular weight excluding hydrogens is 372 g/mol. The summed E-state index contributed by atoms with van der Waals surface area (Å²) in [6.45, 7) is 1.73. The number of aryl methyl sites for hydroxylation is 1. The van der Waals surface area contributed by atoms with Gasteiger partial charge in [-0.05, 0) is 31.9 Å². The number of likely N-dealkylation sites (tertiary alicyclic amines) is 1. The first kappa shape index (κ1) is 17.9. The van der Waals surface area contributed by atoms with Crippen LogP contribution in [0.5, 0.6) is 0 Å². The number of carbonyl (C=O) groups excluding carboxylic acids is 2. The van der Waals surface area contributed by atoms with Crippen LogP contribution in [0.3, 0.4) is 0 Å². The number of aromatic nitrogens is 3. The van der Waals surface area contributed by atoms with Gasteiger partial charge in [-0.25, -0.2) is 0 Å². The number of carbonyl (C=O) groups is 2. The third-order valence-corrected chi connectivity index (χ3v) is 6.06. The summed E-state index contributed by atoms with van der Waals surface area (Å²) < 4.78 is 6.90. The van der Waals surface area contributed by atoms with Gasteiger partial charge in [0.1, 0.15) is 5.52 Å². The van der Waals surface area contributed by atoms with Crippen molar-refractivity contribution in [3.05, 3.63) is 45.9 Å². The van der Waals surface area contributed by atoms with Crippen molar-refractivity contribution in [2.24, 2.45) is 0 Å². The van der Waals surface area contributed by atoms with Gasteiger partial charge in [0, 0.05) is 18.2 Å². The number of aromatic amines is 1. The first-order chi connectivity index (χ1) is 14.0. The van der Waals surface area contributed by atoms with E-state index in [0.29, 0.717) is 22.4 Å². The highest BCUT2D eigenvalue weighted by Gasteiger charge is 2.45. The largest absolute Gasteiger partial charge is 0.422 e. The maximum atomic E-state index is 13.1. The van der Waals surface area contributed by atoms with Gasteiger partial charge in [0.15, 0.2) is 5.58 Å². The van der Waals surface area contributed by atoms with Crippen LogP contribution in [0.25, 0.3) is 17.1 Å². The van der Waals surface area contributed by atoms with Gasteiger partial charge in [0.2, 0.25) is 11.8 Å². The van der Waals surface area contributed by atoms with Crippen LogP contribution in [0.4, 0.5) is 0 Å². The molecule has 1 saturated heterocycles. The average Bonchev–Trinajstić information content (AvgIpc) is 3.36. The molecule has 1 aliphatic heterocycles. The minimum Gasteiger partial charge on any atom is -0.422 e. The summed E-state index contributed by atoms with van der Waals surface area (Å²) in [4.78, 5) is 44.7. The van der Waals surface area contributed by atoms with Crippen LogP contribution in [0.2, 0.25) is 0 Å². The smallest absolute Gasteiger partial charge is 0.325 e. The fourth-order valence-electron chi connectivity index (χ4n) is 4.66. The highest BCUT2D eigenvalue weighted by molar-refractivity contribution is 6.06. The van der Waals surface area contributed by atoms with Crippen LogP contribution >= 0.6 is 0 Å². The molecule has 2 amide bonds. The van der Waals surface area contributed by atoms with Crippen molar-refractivity contribution in [1.29, 1.82) is 0 Å². The predicted octanol–water partition coefficient (Wildman–Crippen LogP) is 2.79. The van der Waals surface area contributed by atoms with Gasteiger partial charge in [0.25, 0.3) is 5.56 Å². The Kier molecular flexibility index (Phi) is 4.15. The van der Waals surface area contributed by atoms with Gasteiger partial charge in [-0.15, -0.1) is 0 Å². The standard InChI is InChI=1S/C21H22N4O4/c1-12-18(14-11-17(26)24(19(14)27)13-7-3-2-4-8-13)20(28)25(23-12)21-22-15-9-5-6-10-16(15)29-21/h5-6,9-10,13-14,23H,2-4,7-8,11H2,1H3. The van der Waals surface area contributed by atoms with E-state index < -0.39 is 11.5 Å². The van der Waals surface area contributed by atoms with Crippen molar-refractivity contribution < 1.29 is 14.0 Å². The first-order valence-electron chi connectivity index (χ1n) is 10.1. The molecule has 2 aliphatic rings. The van der Waals surface area contributed by atoms with Crippen LogP contribution in [0.15, 0.2) is 33.5 Å². The Morgan fingerprint density at radius 2 is 1.86 bits per heavy atom. The van der Waals surface area contributed by atoms with Crippen molar-refractivity contribution in [3.63, 3.8) is 0 Å². The van der Waals surface area contributed by atoms with Gasteiger partial charge in [-0.3, -0.25) is 24.4 Å². The third kappa shape index (κ3) is 2.82.